The molecule has 1 heterocycles. The number of nitrogens with two attached hydrogens (primary N) is 1. The molecule has 1 aliphatic heterocycles. The van der Waals surface area contributed by atoms with E-state index in [0.717, 1.165) is 24.9 Å². The highest BCUT2D eigenvalue weighted by molar-refractivity contribution is 4.93. The van der Waals surface area contributed by atoms with Crippen LogP contribution >= 0.6 is 0 Å². The second-order valence-corrected chi connectivity index (χ2v) is 4.86. The zero-order valence-electron chi connectivity index (χ0n) is 9.04. The Morgan fingerprint density at radius 1 is 1.21 bits per heavy atom. The first-order chi connectivity index (χ1) is 6.92. The number of rotatable bonds is 2. The lowest BCUT2D eigenvalue weighted by atomic mass is 9.72. The smallest absolute Gasteiger partial charge is 0.00139 e. The molecule has 0 aromatic rings. The molecule has 0 spiro atoms. The highest BCUT2D eigenvalue weighted by Gasteiger charge is 2.31. The predicted molar refractivity (Wildman–Crippen MR) is 59.8 cm³/mol. The van der Waals surface area contributed by atoms with Crippen molar-refractivity contribution in [3.63, 3.8) is 0 Å². The van der Waals surface area contributed by atoms with Crippen molar-refractivity contribution in [3.05, 3.63) is 6.42 Å². The number of hydrogen-bond acceptors (Lipinski definition) is 2. The van der Waals surface area contributed by atoms with Crippen molar-refractivity contribution >= 4 is 0 Å². The lowest BCUT2D eigenvalue weighted by Gasteiger charge is -2.38. The van der Waals surface area contributed by atoms with Gasteiger partial charge in [0.2, 0.25) is 0 Å². The quantitative estimate of drug-likeness (QED) is 0.702. The van der Waals surface area contributed by atoms with Gasteiger partial charge in [0.25, 0.3) is 0 Å². The summed E-state index contributed by atoms with van der Waals surface area (Å²) in [5.41, 5.74) is 5.84. The van der Waals surface area contributed by atoms with E-state index in [2.05, 4.69) is 11.7 Å². The summed E-state index contributed by atoms with van der Waals surface area (Å²) in [6, 6.07) is 0. The molecule has 81 valence electrons. The molecule has 2 fully saturated rings. The fourth-order valence-electron chi connectivity index (χ4n) is 3.16. The second kappa shape index (κ2) is 5.13. The topological polar surface area (TPSA) is 38.0 Å². The average molecular weight is 195 g/mol. The molecule has 1 saturated heterocycles. The third-order valence-corrected chi connectivity index (χ3v) is 4.02. The maximum atomic E-state index is 5.84. The van der Waals surface area contributed by atoms with Gasteiger partial charge in [-0.3, -0.25) is 0 Å². The highest BCUT2D eigenvalue weighted by Crippen LogP contribution is 2.35. The van der Waals surface area contributed by atoms with E-state index in [0.29, 0.717) is 5.92 Å². The maximum Gasteiger partial charge on any atom is -0.00139 e. The molecule has 0 amide bonds. The van der Waals surface area contributed by atoms with E-state index in [1.165, 1.54) is 38.6 Å². The SMILES string of the molecule is NCC1[CH]CNCC1C1CCCCC1. The van der Waals surface area contributed by atoms with Crippen molar-refractivity contribution in [1.82, 2.24) is 5.32 Å². The lowest BCUT2D eigenvalue weighted by molar-refractivity contribution is 0.175. The van der Waals surface area contributed by atoms with Crippen LogP contribution in [0.3, 0.4) is 0 Å². The second-order valence-electron chi connectivity index (χ2n) is 4.86. The molecule has 2 atom stereocenters. The number of piperidine rings is 1. The third kappa shape index (κ3) is 2.29. The van der Waals surface area contributed by atoms with E-state index < -0.39 is 0 Å². The van der Waals surface area contributed by atoms with Crippen molar-refractivity contribution < 1.29 is 0 Å². The fraction of sp³-hybridized carbons (Fsp3) is 0.917. The zero-order chi connectivity index (χ0) is 9.80. The molecule has 1 saturated carbocycles. The predicted octanol–water partition coefficient (Wildman–Crippen LogP) is 1.57. The number of hydrogen-bond donors (Lipinski definition) is 2. The van der Waals surface area contributed by atoms with E-state index in [1.807, 2.05) is 0 Å². The van der Waals surface area contributed by atoms with Gasteiger partial charge in [0.05, 0.1) is 0 Å². The van der Waals surface area contributed by atoms with Gasteiger partial charge in [-0.25, -0.2) is 0 Å². The van der Waals surface area contributed by atoms with E-state index >= 15 is 0 Å². The largest absolute Gasteiger partial charge is 0.330 e. The van der Waals surface area contributed by atoms with E-state index in [-0.39, 0.29) is 0 Å². The summed E-state index contributed by atoms with van der Waals surface area (Å²) in [7, 11) is 0. The van der Waals surface area contributed by atoms with Crippen LogP contribution in [0.1, 0.15) is 32.1 Å². The molecule has 2 heteroatoms. The summed E-state index contributed by atoms with van der Waals surface area (Å²) in [4.78, 5) is 0. The summed E-state index contributed by atoms with van der Waals surface area (Å²) >= 11 is 0. The molecule has 14 heavy (non-hydrogen) atoms. The van der Waals surface area contributed by atoms with Gasteiger partial charge in [0.1, 0.15) is 0 Å². The van der Waals surface area contributed by atoms with Gasteiger partial charge in [-0.1, -0.05) is 32.1 Å². The molecule has 0 bridgehead atoms. The Labute approximate surface area is 87.6 Å². The summed E-state index contributed by atoms with van der Waals surface area (Å²) in [5.74, 6) is 2.45. The Bertz CT molecular complexity index is 164. The molecule has 2 nitrogen and oxygen atoms in total. The van der Waals surface area contributed by atoms with Crippen LogP contribution in [0.15, 0.2) is 0 Å². The van der Waals surface area contributed by atoms with E-state index in [9.17, 15) is 0 Å². The Hall–Kier alpha value is -0.0800. The van der Waals surface area contributed by atoms with Crippen LogP contribution in [0.4, 0.5) is 0 Å². The lowest BCUT2D eigenvalue weighted by Crippen LogP contribution is -2.44. The first-order valence-electron chi connectivity index (χ1n) is 6.16. The van der Waals surface area contributed by atoms with E-state index in [1.54, 1.807) is 0 Å². The van der Waals surface area contributed by atoms with Crippen molar-refractivity contribution in [1.29, 1.82) is 0 Å². The molecule has 2 rings (SSSR count). The summed E-state index contributed by atoms with van der Waals surface area (Å²) < 4.78 is 0. The molecular weight excluding hydrogens is 172 g/mol. The Balaban J connectivity index is 1.91. The Morgan fingerprint density at radius 2 is 2.00 bits per heavy atom. The third-order valence-electron chi connectivity index (χ3n) is 4.02. The minimum atomic E-state index is 0.680. The Morgan fingerprint density at radius 3 is 2.71 bits per heavy atom. The molecule has 3 N–H and O–H groups in total. The fourth-order valence-corrected chi connectivity index (χ4v) is 3.16. The van der Waals surface area contributed by atoms with Gasteiger partial charge in [-0.15, -0.1) is 0 Å². The van der Waals surface area contributed by atoms with E-state index in [4.69, 9.17) is 5.73 Å². The van der Waals surface area contributed by atoms with Gasteiger partial charge in [0, 0.05) is 0 Å². The minimum absolute atomic E-state index is 0.680. The van der Waals surface area contributed by atoms with Crippen molar-refractivity contribution in [2.24, 2.45) is 23.5 Å². The van der Waals surface area contributed by atoms with Gasteiger partial charge >= 0.3 is 0 Å². The van der Waals surface area contributed by atoms with Crippen LogP contribution in [-0.2, 0) is 0 Å². The Kier molecular flexibility index (Phi) is 3.82. The normalized spacial score (nSPS) is 35.8. The number of nitrogens with one attached hydrogen (secondary N) is 1. The molecule has 1 radical (unpaired) electrons. The first kappa shape index (κ1) is 10.4. The molecule has 2 unspecified atom stereocenters. The standard InChI is InChI=1S/C12H23N2/c13-8-11-6-7-14-9-12(11)10-4-2-1-3-5-10/h6,10-12,14H,1-5,7-9,13H2. The molecule has 2 aliphatic rings. The van der Waals surface area contributed by atoms with Crippen molar-refractivity contribution in [2.45, 2.75) is 32.1 Å². The minimum Gasteiger partial charge on any atom is -0.330 e. The van der Waals surface area contributed by atoms with Gasteiger partial charge < -0.3 is 11.1 Å². The summed E-state index contributed by atoms with van der Waals surface area (Å²) in [6.07, 6.45) is 9.61. The van der Waals surface area contributed by atoms with Crippen LogP contribution in [0.25, 0.3) is 0 Å². The monoisotopic (exact) mass is 195 g/mol. The maximum absolute atomic E-state index is 5.84. The molecular formula is C12H23N2. The van der Waals surface area contributed by atoms with Gasteiger partial charge in [0.15, 0.2) is 0 Å². The first-order valence-corrected chi connectivity index (χ1v) is 6.16. The molecule has 0 aromatic carbocycles. The summed E-state index contributed by atoms with van der Waals surface area (Å²) in [5, 5.41) is 3.49. The van der Waals surface area contributed by atoms with Crippen molar-refractivity contribution in [3.8, 4) is 0 Å². The van der Waals surface area contributed by atoms with Crippen LogP contribution in [-0.4, -0.2) is 19.6 Å². The van der Waals surface area contributed by atoms with Gasteiger partial charge in [-0.05, 0) is 43.8 Å². The van der Waals surface area contributed by atoms with Crippen LogP contribution in [0.5, 0.6) is 0 Å². The van der Waals surface area contributed by atoms with Crippen LogP contribution in [0.2, 0.25) is 0 Å². The van der Waals surface area contributed by atoms with Crippen LogP contribution in [0, 0.1) is 24.2 Å². The zero-order valence-corrected chi connectivity index (χ0v) is 9.04. The molecule has 1 aliphatic carbocycles. The highest BCUT2D eigenvalue weighted by atomic mass is 14.9. The van der Waals surface area contributed by atoms with Crippen LogP contribution < -0.4 is 11.1 Å². The average Bonchev–Trinajstić information content (AvgIpc) is 2.30. The summed E-state index contributed by atoms with van der Waals surface area (Å²) in [6.45, 7) is 3.11. The van der Waals surface area contributed by atoms with Crippen molar-refractivity contribution in [2.75, 3.05) is 19.6 Å². The van der Waals surface area contributed by atoms with Gasteiger partial charge in [-0.2, -0.15) is 0 Å². The molecule has 0 aromatic heterocycles.